The summed E-state index contributed by atoms with van der Waals surface area (Å²) in [6.07, 6.45) is 3.19. The third kappa shape index (κ3) is 3.10. The van der Waals surface area contributed by atoms with E-state index in [1.54, 1.807) is 13.2 Å². The fraction of sp³-hybridized carbons (Fsp3) is 0.529. The fourth-order valence-electron chi connectivity index (χ4n) is 3.84. The van der Waals surface area contributed by atoms with Gasteiger partial charge in [-0.3, -0.25) is 0 Å². The first-order valence-corrected chi connectivity index (χ1v) is 10.4. The van der Waals surface area contributed by atoms with Crippen LogP contribution in [0, 0.1) is 0 Å². The van der Waals surface area contributed by atoms with Gasteiger partial charge in [-0.25, -0.2) is 14.5 Å². The zero-order valence-electron chi connectivity index (χ0n) is 14.5. The highest BCUT2D eigenvalue weighted by atomic mass is 32.2. The summed E-state index contributed by atoms with van der Waals surface area (Å²) < 4.78 is 30.2. The second-order valence-electron chi connectivity index (χ2n) is 6.85. The fourth-order valence-corrected chi connectivity index (χ4v) is 5.55. The molecule has 2 aliphatic heterocycles. The van der Waals surface area contributed by atoms with Crippen LogP contribution in [0.2, 0.25) is 0 Å². The average Bonchev–Trinajstić information content (AvgIpc) is 3.33. The quantitative estimate of drug-likeness (QED) is 0.863. The van der Waals surface area contributed by atoms with Gasteiger partial charge < -0.3 is 0 Å². The lowest BCUT2D eigenvalue weighted by Gasteiger charge is -2.33. The van der Waals surface area contributed by atoms with Crippen LogP contribution < -0.4 is 5.69 Å². The normalized spacial score (nSPS) is 20.6. The lowest BCUT2D eigenvalue weighted by Crippen LogP contribution is -2.46. The van der Waals surface area contributed by atoms with Gasteiger partial charge in [-0.15, -0.1) is 0 Å². The Bertz CT molecular complexity index is 907. The molecule has 0 saturated carbocycles. The number of aromatic nitrogens is 3. The van der Waals surface area contributed by atoms with Crippen LogP contribution in [0.3, 0.4) is 0 Å². The summed E-state index contributed by atoms with van der Waals surface area (Å²) in [4.78, 5) is 12.2. The number of rotatable bonds is 4. The number of piperidine rings is 1. The van der Waals surface area contributed by atoms with Crippen LogP contribution in [0.1, 0.15) is 37.4 Å². The summed E-state index contributed by atoms with van der Waals surface area (Å²) >= 11 is 0. The first-order chi connectivity index (χ1) is 12.6. The monoisotopic (exact) mass is 377 g/mol. The predicted octanol–water partition coefficient (Wildman–Crippen LogP) is 1.08. The van der Waals surface area contributed by atoms with Crippen LogP contribution in [-0.4, -0.2) is 58.0 Å². The molecule has 1 aromatic heterocycles. The number of H-pyrrole nitrogens is 1. The number of aromatic amines is 1. The van der Waals surface area contributed by atoms with Crippen molar-refractivity contribution in [1.29, 1.82) is 0 Å². The summed E-state index contributed by atoms with van der Waals surface area (Å²) in [7, 11) is -3.35. The lowest BCUT2D eigenvalue weighted by molar-refractivity contribution is 0.290. The Morgan fingerprint density at radius 1 is 0.962 bits per heavy atom. The smallest absolute Gasteiger partial charge is 0.247 e. The molecular weight excluding hydrogens is 354 g/mol. The maximum absolute atomic E-state index is 12.7. The largest absolute Gasteiger partial charge is 0.347 e. The molecule has 2 aliphatic rings. The van der Waals surface area contributed by atoms with Crippen LogP contribution in [0.25, 0.3) is 5.69 Å². The van der Waals surface area contributed by atoms with Gasteiger partial charge in [-0.2, -0.15) is 22.1 Å². The number of para-hydroxylation sites is 1. The zero-order valence-corrected chi connectivity index (χ0v) is 15.4. The number of hydrogen-bond donors (Lipinski definition) is 1. The van der Waals surface area contributed by atoms with E-state index in [2.05, 4.69) is 10.2 Å². The first-order valence-electron chi connectivity index (χ1n) is 9.05. The second-order valence-corrected chi connectivity index (χ2v) is 8.77. The summed E-state index contributed by atoms with van der Waals surface area (Å²) in [5, 5.41) is 6.76. The molecule has 140 valence electrons. The van der Waals surface area contributed by atoms with Crippen LogP contribution in [0.4, 0.5) is 0 Å². The van der Waals surface area contributed by atoms with Crippen molar-refractivity contribution < 1.29 is 8.42 Å². The van der Waals surface area contributed by atoms with Gasteiger partial charge in [0.2, 0.25) is 0 Å². The highest BCUT2D eigenvalue weighted by Gasteiger charge is 2.35. The Labute approximate surface area is 152 Å². The minimum atomic E-state index is -3.35. The minimum Gasteiger partial charge on any atom is -0.247 e. The van der Waals surface area contributed by atoms with E-state index < -0.39 is 10.2 Å². The molecule has 2 saturated heterocycles. The van der Waals surface area contributed by atoms with Crippen LogP contribution in [0.15, 0.2) is 35.1 Å². The Kier molecular flexibility index (Phi) is 4.68. The number of nitrogens with zero attached hydrogens (tertiary/aromatic N) is 4. The number of hydrogen-bond acceptors (Lipinski definition) is 4. The van der Waals surface area contributed by atoms with Gasteiger partial charge in [0.05, 0.1) is 5.69 Å². The Balaban J connectivity index is 1.52. The first kappa shape index (κ1) is 17.4. The highest BCUT2D eigenvalue weighted by Crippen LogP contribution is 2.29. The van der Waals surface area contributed by atoms with E-state index in [0.29, 0.717) is 44.8 Å². The summed E-state index contributed by atoms with van der Waals surface area (Å²) in [6, 6.07) is 9.39. The number of benzene rings is 1. The molecule has 8 nitrogen and oxygen atoms in total. The van der Waals surface area contributed by atoms with Gasteiger partial charge in [0.15, 0.2) is 0 Å². The van der Waals surface area contributed by atoms with Crippen molar-refractivity contribution in [3.05, 3.63) is 46.6 Å². The van der Waals surface area contributed by atoms with Crippen LogP contribution in [-0.2, 0) is 10.2 Å². The van der Waals surface area contributed by atoms with Crippen molar-refractivity contribution in [2.75, 3.05) is 26.2 Å². The average molecular weight is 377 g/mol. The number of nitrogens with one attached hydrogen (secondary N) is 1. The van der Waals surface area contributed by atoms with Gasteiger partial charge in [-0.05, 0) is 37.8 Å². The Morgan fingerprint density at radius 3 is 2.23 bits per heavy atom. The molecular formula is C17H23N5O3S. The van der Waals surface area contributed by atoms with Crippen molar-refractivity contribution in [3.8, 4) is 5.69 Å². The van der Waals surface area contributed by atoms with E-state index in [9.17, 15) is 13.2 Å². The van der Waals surface area contributed by atoms with Gasteiger partial charge in [0, 0.05) is 32.1 Å². The molecule has 0 atom stereocenters. The lowest BCUT2D eigenvalue weighted by atomic mass is 9.97. The molecule has 1 N–H and O–H groups in total. The van der Waals surface area contributed by atoms with Crippen molar-refractivity contribution in [2.24, 2.45) is 0 Å². The van der Waals surface area contributed by atoms with Crippen molar-refractivity contribution in [3.63, 3.8) is 0 Å². The second kappa shape index (κ2) is 6.98. The van der Waals surface area contributed by atoms with Crippen molar-refractivity contribution in [1.82, 2.24) is 23.4 Å². The van der Waals surface area contributed by atoms with Gasteiger partial charge in [-0.1, -0.05) is 18.2 Å². The zero-order chi connectivity index (χ0) is 18.1. The summed E-state index contributed by atoms with van der Waals surface area (Å²) in [5.41, 5.74) is 0.506. The molecule has 0 aliphatic carbocycles. The van der Waals surface area contributed by atoms with E-state index in [1.807, 2.05) is 30.3 Å². The molecule has 1 aromatic carbocycles. The molecule has 0 unspecified atom stereocenters. The van der Waals surface area contributed by atoms with E-state index in [0.717, 1.165) is 18.5 Å². The van der Waals surface area contributed by atoms with Crippen LogP contribution in [0.5, 0.6) is 0 Å². The Hall–Kier alpha value is -1.97. The SMILES string of the molecule is O=c1[nH]nc(C2CCN(S(=O)(=O)N3CCCC3)CC2)n1-c1ccccc1. The highest BCUT2D eigenvalue weighted by molar-refractivity contribution is 7.86. The topological polar surface area (TPSA) is 91.3 Å². The molecule has 2 aromatic rings. The van der Waals surface area contributed by atoms with Gasteiger partial charge in [0.25, 0.3) is 10.2 Å². The van der Waals surface area contributed by atoms with E-state index in [4.69, 9.17) is 0 Å². The summed E-state index contributed by atoms with van der Waals surface area (Å²) in [6.45, 7) is 2.16. The van der Waals surface area contributed by atoms with E-state index in [1.165, 1.54) is 0 Å². The standard InChI is InChI=1S/C17H23N5O3S/c23-17-19-18-16(22(17)15-6-2-1-3-7-15)14-8-12-21(13-9-14)26(24,25)20-10-4-5-11-20/h1-3,6-7,14H,4-5,8-13H2,(H,19,23). The van der Waals surface area contributed by atoms with E-state index in [-0.39, 0.29) is 11.6 Å². The molecule has 0 spiro atoms. The van der Waals surface area contributed by atoms with Crippen molar-refractivity contribution in [2.45, 2.75) is 31.6 Å². The molecule has 0 bridgehead atoms. The molecule has 3 heterocycles. The molecule has 26 heavy (non-hydrogen) atoms. The van der Waals surface area contributed by atoms with Gasteiger partial charge >= 0.3 is 5.69 Å². The third-order valence-electron chi connectivity index (χ3n) is 5.25. The molecule has 0 amide bonds. The molecule has 4 rings (SSSR count). The van der Waals surface area contributed by atoms with Crippen molar-refractivity contribution >= 4 is 10.2 Å². The minimum absolute atomic E-state index is 0.0548. The third-order valence-corrected chi connectivity index (χ3v) is 7.28. The summed E-state index contributed by atoms with van der Waals surface area (Å²) in [5.74, 6) is 0.735. The van der Waals surface area contributed by atoms with Gasteiger partial charge in [0.1, 0.15) is 5.82 Å². The van der Waals surface area contributed by atoms with E-state index >= 15 is 0 Å². The molecule has 9 heteroatoms. The Morgan fingerprint density at radius 2 is 1.58 bits per heavy atom. The molecule has 0 radical (unpaired) electrons. The molecule has 2 fully saturated rings. The predicted molar refractivity (Wildman–Crippen MR) is 97.5 cm³/mol. The van der Waals surface area contributed by atoms with Crippen LogP contribution >= 0.6 is 0 Å². The maximum Gasteiger partial charge on any atom is 0.347 e. The maximum atomic E-state index is 12.7.